The van der Waals surface area contributed by atoms with Crippen molar-refractivity contribution in [1.29, 1.82) is 0 Å². The van der Waals surface area contributed by atoms with Gasteiger partial charge >= 0.3 is 23.9 Å². The monoisotopic (exact) mass is 500 g/mol. The normalized spacial score (nSPS) is 28.6. The molecule has 1 fully saturated rings. The smallest absolute Gasteiger partial charge is 0.303 e. The summed E-state index contributed by atoms with van der Waals surface area (Å²) in [5, 5.41) is 0. The Balaban J connectivity index is 3.27. The van der Waals surface area contributed by atoms with Gasteiger partial charge in [0.1, 0.15) is 18.8 Å². The van der Waals surface area contributed by atoms with E-state index in [9.17, 15) is 19.2 Å². The van der Waals surface area contributed by atoms with Crippen molar-refractivity contribution in [2.24, 2.45) is 0 Å². The Bertz CT molecular complexity index is 563. The van der Waals surface area contributed by atoms with E-state index < -0.39 is 54.4 Å². The number of carbonyl (C=O) groups excluding carboxylic acids is 4. The van der Waals surface area contributed by atoms with Crippen LogP contribution in [0.4, 0.5) is 0 Å². The lowest BCUT2D eigenvalue weighted by atomic mass is 9.92. The lowest BCUT2D eigenvalue weighted by Gasteiger charge is -2.44. The van der Waals surface area contributed by atoms with Gasteiger partial charge in [-0.05, 0) is 6.42 Å². The highest BCUT2D eigenvalue weighted by atomic mass is 127. The highest BCUT2D eigenvalue weighted by molar-refractivity contribution is 14.1. The molecule has 1 aliphatic heterocycles. The molecule has 1 rings (SSSR count). The van der Waals surface area contributed by atoms with Crippen LogP contribution in [0.25, 0.3) is 0 Å². The maximum Gasteiger partial charge on any atom is 0.303 e. The van der Waals surface area contributed by atoms with Gasteiger partial charge in [0, 0.05) is 31.6 Å². The summed E-state index contributed by atoms with van der Waals surface area (Å²) in [6.45, 7) is 6.58. The average molecular weight is 500 g/mol. The molecule has 0 spiro atoms. The lowest BCUT2D eigenvalue weighted by molar-refractivity contribution is -0.253. The molecule has 0 bridgehead atoms. The summed E-state index contributed by atoms with van der Waals surface area (Å²) in [4.78, 5) is 46.0. The van der Waals surface area contributed by atoms with Gasteiger partial charge in [0.25, 0.3) is 0 Å². The molecule has 1 aliphatic rings. The van der Waals surface area contributed by atoms with E-state index in [-0.39, 0.29) is 10.5 Å². The third-order valence-corrected chi connectivity index (χ3v) is 4.15. The summed E-state index contributed by atoms with van der Waals surface area (Å²) >= 11 is 2.19. The molecule has 1 heterocycles. The number of carbonyl (C=O) groups is 4. The highest BCUT2D eigenvalue weighted by Gasteiger charge is 2.52. The maximum atomic E-state index is 11.6. The molecule has 154 valence electrons. The minimum atomic E-state index is -1.10. The van der Waals surface area contributed by atoms with Gasteiger partial charge in [0.05, 0.1) is 0 Å². The first kappa shape index (κ1) is 23.6. The predicted molar refractivity (Wildman–Crippen MR) is 100 cm³/mol. The molecule has 0 radical (unpaired) electrons. The van der Waals surface area contributed by atoms with Crippen molar-refractivity contribution in [3.8, 4) is 0 Å². The molecule has 6 atom stereocenters. The molecule has 1 unspecified atom stereocenters. The van der Waals surface area contributed by atoms with Crippen LogP contribution < -0.4 is 0 Å². The van der Waals surface area contributed by atoms with Crippen molar-refractivity contribution in [3.63, 3.8) is 0 Å². The molecule has 1 saturated heterocycles. The number of esters is 4. The van der Waals surface area contributed by atoms with Crippen LogP contribution in [0.3, 0.4) is 0 Å². The van der Waals surface area contributed by atoms with E-state index in [1.165, 1.54) is 27.7 Å². The van der Waals surface area contributed by atoms with Gasteiger partial charge in [0.2, 0.25) is 0 Å². The van der Waals surface area contributed by atoms with Crippen molar-refractivity contribution in [1.82, 2.24) is 0 Å². The van der Waals surface area contributed by atoms with Crippen molar-refractivity contribution in [2.75, 3.05) is 6.61 Å². The predicted octanol–water partition coefficient (Wildman–Crippen LogP) is 1.33. The summed E-state index contributed by atoms with van der Waals surface area (Å²) in [7, 11) is 0. The van der Waals surface area contributed by atoms with Gasteiger partial charge in [0.15, 0.2) is 18.3 Å². The van der Waals surface area contributed by atoms with Crippen molar-refractivity contribution in [3.05, 3.63) is 0 Å². The Hall–Kier alpha value is -1.43. The van der Waals surface area contributed by atoms with E-state index in [2.05, 4.69) is 22.6 Å². The Kier molecular flexibility index (Phi) is 9.43. The maximum absolute atomic E-state index is 11.6. The fourth-order valence-electron chi connectivity index (χ4n) is 2.83. The van der Waals surface area contributed by atoms with E-state index in [0.29, 0.717) is 6.42 Å². The zero-order valence-electron chi connectivity index (χ0n) is 15.9. The van der Waals surface area contributed by atoms with Crippen LogP contribution in [0.5, 0.6) is 0 Å². The first-order valence-corrected chi connectivity index (χ1v) is 9.70. The van der Waals surface area contributed by atoms with Crippen LogP contribution in [-0.4, -0.2) is 64.9 Å². The number of rotatable bonds is 7. The molecule has 9 nitrogen and oxygen atoms in total. The third-order valence-electron chi connectivity index (χ3n) is 3.64. The van der Waals surface area contributed by atoms with E-state index >= 15 is 0 Å². The number of ether oxygens (including phenoxy) is 5. The lowest BCUT2D eigenvalue weighted by Crippen LogP contribution is -2.62. The first-order chi connectivity index (χ1) is 12.5. The van der Waals surface area contributed by atoms with Crippen LogP contribution in [0.2, 0.25) is 0 Å². The molecule has 0 saturated carbocycles. The minimum absolute atomic E-state index is 0.142. The van der Waals surface area contributed by atoms with Gasteiger partial charge in [-0.2, -0.15) is 0 Å². The third kappa shape index (κ3) is 7.99. The van der Waals surface area contributed by atoms with Gasteiger partial charge < -0.3 is 23.7 Å². The Morgan fingerprint density at radius 3 is 1.67 bits per heavy atom. The number of hydrogen-bond acceptors (Lipinski definition) is 9. The Labute approximate surface area is 171 Å². The second kappa shape index (κ2) is 10.8. The van der Waals surface area contributed by atoms with E-state index in [1.54, 1.807) is 0 Å². The molecular formula is C17H25IO9. The number of halogens is 1. The van der Waals surface area contributed by atoms with Crippen molar-refractivity contribution >= 4 is 46.5 Å². The van der Waals surface area contributed by atoms with E-state index in [1.807, 2.05) is 6.92 Å². The Morgan fingerprint density at radius 2 is 1.26 bits per heavy atom. The van der Waals surface area contributed by atoms with E-state index in [0.717, 1.165) is 0 Å². The van der Waals surface area contributed by atoms with Crippen molar-refractivity contribution < 1.29 is 42.9 Å². The molecule has 0 aliphatic carbocycles. The van der Waals surface area contributed by atoms with Crippen LogP contribution in [-0.2, 0) is 42.9 Å². The van der Waals surface area contributed by atoms with Gasteiger partial charge in [-0.3, -0.25) is 19.2 Å². The van der Waals surface area contributed by atoms with Crippen LogP contribution >= 0.6 is 22.6 Å². The van der Waals surface area contributed by atoms with Gasteiger partial charge in [-0.25, -0.2) is 0 Å². The summed E-state index contributed by atoms with van der Waals surface area (Å²) in [6.07, 6.45) is -4.21. The van der Waals surface area contributed by atoms with Gasteiger partial charge in [-0.1, -0.05) is 29.5 Å². The number of alkyl halides is 1. The fourth-order valence-corrected chi connectivity index (χ4v) is 3.33. The molecule has 0 N–H and O–H groups in total. The van der Waals surface area contributed by atoms with Crippen LogP contribution in [0, 0.1) is 0 Å². The quantitative estimate of drug-likeness (QED) is 0.221. The highest BCUT2D eigenvalue weighted by Crippen LogP contribution is 2.32. The second-order valence-corrected chi connectivity index (χ2v) is 8.38. The largest absolute Gasteiger partial charge is 0.463 e. The number of hydrogen-bond donors (Lipinski definition) is 0. The SMILES string of the molecule is CC(=O)OC[C@H]1O[C@@H](CC(C)I)[C@@H](OC(C)=O)[C@@H](OC(C)=O)[C@@H]1OC(C)=O. The average Bonchev–Trinajstić information content (AvgIpc) is 2.49. The molecule has 27 heavy (non-hydrogen) atoms. The molecular weight excluding hydrogens is 475 g/mol. The molecule has 10 heteroatoms. The van der Waals surface area contributed by atoms with Gasteiger partial charge in [-0.15, -0.1) is 0 Å². The topological polar surface area (TPSA) is 114 Å². The molecule has 0 aromatic carbocycles. The zero-order chi connectivity index (χ0) is 20.7. The fraction of sp³-hybridized carbons (Fsp3) is 0.765. The minimum Gasteiger partial charge on any atom is -0.463 e. The van der Waals surface area contributed by atoms with Crippen molar-refractivity contribution in [2.45, 2.75) is 75.5 Å². The Morgan fingerprint density at radius 1 is 0.815 bits per heavy atom. The van der Waals surface area contributed by atoms with Crippen LogP contribution in [0.1, 0.15) is 41.0 Å². The zero-order valence-corrected chi connectivity index (χ0v) is 18.1. The molecule has 0 aromatic heterocycles. The summed E-state index contributed by atoms with van der Waals surface area (Å²) < 4.78 is 27.1. The molecule has 0 amide bonds. The summed E-state index contributed by atoms with van der Waals surface area (Å²) in [6, 6.07) is 0. The summed E-state index contributed by atoms with van der Waals surface area (Å²) in [5.74, 6) is -2.41. The summed E-state index contributed by atoms with van der Waals surface area (Å²) in [5.41, 5.74) is 0. The van der Waals surface area contributed by atoms with Crippen LogP contribution in [0.15, 0.2) is 0 Å². The standard InChI is InChI=1S/C17H25IO9/c1-8(18)6-13-15(24-10(3)20)17(26-12(5)22)16(25-11(4)21)14(27-13)7-23-9(2)19/h8,13-17H,6-7H2,1-5H3/t8?,13-,14+,15+,16+,17+/m0/s1. The second-order valence-electron chi connectivity index (χ2n) is 6.25. The van der Waals surface area contributed by atoms with E-state index in [4.69, 9.17) is 23.7 Å². The first-order valence-electron chi connectivity index (χ1n) is 8.45. The molecule has 0 aromatic rings.